The Labute approximate surface area is 91.0 Å². The number of ether oxygens (including phenoxy) is 1. The third kappa shape index (κ3) is 4.11. The van der Waals surface area contributed by atoms with Crippen LogP contribution in [0.2, 0.25) is 0 Å². The molecule has 1 aliphatic rings. The van der Waals surface area contributed by atoms with Crippen molar-refractivity contribution in [1.29, 1.82) is 0 Å². The van der Waals surface area contributed by atoms with E-state index in [1.165, 1.54) is 48.8 Å². The van der Waals surface area contributed by atoms with Gasteiger partial charge in [0.1, 0.15) is 0 Å². The van der Waals surface area contributed by atoms with Crippen LogP contribution in [-0.4, -0.2) is 28.1 Å². The van der Waals surface area contributed by atoms with Crippen LogP contribution in [0.15, 0.2) is 0 Å². The summed E-state index contributed by atoms with van der Waals surface area (Å²) in [6.07, 6.45) is 8.69. The van der Waals surface area contributed by atoms with E-state index in [2.05, 4.69) is 6.92 Å². The third-order valence-corrected chi connectivity index (χ3v) is 4.64. The first-order valence-electron chi connectivity index (χ1n) is 6.06. The van der Waals surface area contributed by atoms with Crippen LogP contribution in [0.4, 0.5) is 0 Å². The number of rotatable bonds is 5. The number of hydrogen-bond donors (Lipinski definition) is 1. The Morgan fingerprint density at radius 3 is 2.86 bits per heavy atom. The van der Waals surface area contributed by atoms with Crippen molar-refractivity contribution < 1.29 is 4.74 Å². The van der Waals surface area contributed by atoms with Crippen molar-refractivity contribution in [3.8, 4) is 0 Å². The maximum absolute atomic E-state index is 5.90. The van der Waals surface area contributed by atoms with Crippen LogP contribution < -0.4 is 5.73 Å². The van der Waals surface area contributed by atoms with Gasteiger partial charge in [-0.1, -0.05) is 6.92 Å². The van der Waals surface area contributed by atoms with Gasteiger partial charge in [0.05, 0.1) is 0 Å². The van der Waals surface area contributed by atoms with Crippen molar-refractivity contribution in [2.24, 2.45) is 5.73 Å². The highest BCUT2D eigenvalue weighted by Crippen LogP contribution is 2.26. The molecular weight excluding hydrogens is 190 g/mol. The average Bonchev–Trinajstić information content (AvgIpc) is 2.18. The molecule has 0 aromatic carbocycles. The molecule has 0 aromatic heterocycles. The molecule has 0 amide bonds. The number of hydrogen-bond acceptors (Lipinski definition) is 2. The summed E-state index contributed by atoms with van der Waals surface area (Å²) in [5.41, 5.74) is 5.90. The molecule has 0 saturated carbocycles. The van der Waals surface area contributed by atoms with Gasteiger partial charge >= 0.3 is 0 Å². The SMILES string of the molecule is CCC(N)CCCC1([SiH3])CCCCO1. The second kappa shape index (κ2) is 5.88. The van der Waals surface area contributed by atoms with Gasteiger partial charge in [0.15, 0.2) is 0 Å². The van der Waals surface area contributed by atoms with Crippen LogP contribution in [0.25, 0.3) is 0 Å². The molecule has 1 fully saturated rings. The van der Waals surface area contributed by atoms with Crippen molar-refractivity contribution in [2.75, 3.05) is 6.61 Å². The molecule has 2 nitrogen and oxygen atoms in total. The lowest BCUT2D eigenvalue weighted by molar-refractivity contribution is -0.0241. The summed E-state index contributed by atoms with van der Waals surface area (Å²) < 4.78 is 5.90. The first-order valence-corrected chi connectivity index (χ1v) is 7.06. The van der Waals surface area contributed by atoms with Crippen molar-refractivity contribution in [1.82, 2.24) is 0 Å². The topological polar surface area (TPSA) is 35.2 Å². The van der Waals surface area contributed by atoms with E-state index in [-0.39, 0.29) is 0 Å². The van der Waals surface area contributed by atoms with Crippen LogP contribution in [0.5, 0.6) is 0 Å². The largest absolute Gasteiger partial charge is 0.380 e. The molecule has 1 heterocycles. The predicted octanol–water partition coefficient (Wildman–Crippen LogP) is 1.16. The van der Waals surface area contributed by atoms with Crippen LogP contribution in [-0.2, 0) is 4.74 Å². The summed E-state index contributed by atoms with van der Waals surface area (Å²) in [5.74, 6) is 0. The van der Waals surface area contributed by atoms with Gasteiger partial charge in [0.2, 0.25) is 0 Å². The molecule has 0 radical (unpaired) electrons. The van der Waals surface area contributed by atoms with E-state index in [9.17, 15) is 0 Å². The molecule has 1 aliphatic heterocycles. The minimum absolute atomic E-state index is 0.297. The Kier molecular flexibility index (Phi) is 5.13. The quantitative estimate of drug-likeness (QED) is 0.699. The lowest BCUT2D eigenvalue weighted by Gasteiger charge is -2.34. The molecule has 84 valence electrons. The Balaban J connectivity index is 2.15. The van der Waals surface area contributed by atoms with E-state index in [0.717, 1.165) is 13.0 Å². The molecule has 0 spiro atoms. The zero-order chi connectivity index (χ0) is 10.4. The first kappa shape index (κ1) is 12.2. The molecule has 1 saturated heterocycles. The van der Waals surface area contributed by atoms with E-state index < -0.39 is 0 Å². The molecule has 0 bridgehead atoms. The summed E-state index contributed by atoms with van der Waals surface area (Å²) in [4.78, 5) is 0. The van der Waals surface area contributed by atoms with Gasteiger partial charge in [-0.05, 0) is 44.9 Å². The van der Waals surface area contributed by atoms with E-state index in [4.69, 9.17) is 10.5 Å². The molecule has 2 N–H and O–H groups in total. The fourth-order valence-electron chi connectivity index (χ4n) is 2.13. The Bertz CT molecular complexity index is 157. The Hall–Kier alpha value is 0.137. The Morgan fingerprint density at radius 2 is 2.29 bits per heavy atom. The minimum atomic E-state index is 0.297. The van der Waals surface area contributed by atoms with Gasteiger partial charge in [-0.25, -0.2) is 0 Å². The Morgan fingerprint density at radius 1 is 1.50 bits per heavy atom. The van der Waals surface area contributed by atoms with Crippen LogP contribution in [0, 0.1) is 0 Å². The average molecular weight is 215 g/mol. The van der Waals surface area contributed by atoms with Crippen molar-refractivity contribution in [3.05, 3.63) is 0 Å². The zero-order valence-corrected chi connectivity index (χ0v) is 11.7. The first-order chi connectivity index (χ1) is 6.66. The third-order valence-electron chi connectivity index (χ3n) is 3.36. The van der Waals surface area contributed by atoms with Crippen molar-refractivity contribution >= 4 is 10.2 Å². The minimum Gasteiger partial charge on any atom is -0.380 e. The highest BCUT2D eigenvalue weighted by atomic mass is 28.1. The van der Waals surface area contributed by atoms with Crippen LogP contribution in [0.3, 0.4) is 0 Å². The van der Waals surface area contributed by atoms with Crippen molar-refractivity contribution in [2.45, 2.75) is 63.1 Å². The van der Waals surface area contributed by atoms with Gasteiger partial charge in [-0.2, -0.15) is 0 Å². The van der Waals surface area contributed by atoms with E-state index >= 15 is 0 Å². The molecule has 1 rings (SSSR count). The summed E-state index contributed by atoms with van der Waals surface area (Å²) >= 11 is 0. The second-order valence-corrected chi connectivity index (χ2v) is 6.64. The predicted molar refractivity (Wildman–Crippen MR) is 64.6 cm³/mol. The van der Waals surface area contributed by atoms with Gasteiger partial charge in [0.25, 0.3) is 0 Å². The normalized spacial score (nSPS) is 30.4. The second-order valence-electron chi connectivity index (χ2n) is 4.82. The molecule has 2 unspecified atom stereocenters. The summed E-state index contributed by atoms with van der Waals surface area (Å²) in [6.45, 7) is 3.15. The maximum Gasteiger partial charge on any atom is 0.0486 e. The van der Waals surface area contributed by atoms with Crippen LogP contribution >= 0.6 is 0 Å². The monoisotopic (exact) mass is 215 g/mol. The molecule has 0 aromatic rings. The van der Waals surface area contributed by atoms with Crippen molar-refractivity contribution in [3.63, 3.8) is 0 Å². The highest BCUT2D eigenvalue weighted by Gasteiger charge is 2.26. The fourth-order valence-corrected chi connectivity index (χ4v) is 3.04. The smallest absolute Gasteiger partial charge is 0.0486 e. The van der Waals surface area contributed by atoms with E-state index in [1.54, 1.807) is 0 Å². The van der Waals surface area contributed by atoms with Gasteiger partial charge in [-0.15, -0.1) is 0 Å². The van der Waals surface area contributed by atoms with Crippen LogP contribution in [0.1, 0.15) is 51.9 Å². The summed E-state index contributed by atoms with van der Waals surface area (Å²) in [7, 11) is 1.18. The van der Waals surface area contributed by atoms with Gasteiger partial charge in [0, 0.05) is 28.1 Å². The molecule has 0 aliphatic carbocycles. The lowest BCUT2D eigenvalue weighted by atomic mass is 10.00. The van der Waals surface area contributed by atoms with Gasteiger partial charge in [-0.3, -0.25) is 0 Å². The molecule has 3 heteroatoms. The van der Waals surface area contributed by atoms with E-state index in [1.807, 2.05) is 0 Å². The lowest BCUT2D eigenvalue weighted by Crippen LogP contribution is -2.37. The maximum atomic E-state index is 5.90. The summed E-state index contributed by atoms with van der Waals surface area (Å²) in [6, 6.07) is 0.406. The highest BCUT2D eigenvalue weighted by molar-refractivity contribution is 6.14. The molecule has 2 atom stereocenters. The molecular formula is C11H25NOSi. The van der Waals surface area contributed by atoms with Gasteiger partial charge < -0.3 is 10.5 Å². The standard InChI is InChI=1S/C11H25NOSi/c1-2-10(12)6-5-8-11(14)7-3-4-9-13-11/h10H,2-9,12H2,1,14H3. The zero-order valence-electron chi connectivity index (χ0n) is 9.72. The summed E-state index contributed by atoms with van der Waals surface area (Å²) in [5, 5.41) is 0.297. The fraction of sp³-hybridized carbons (Fsp3) is 1.00. The molecule has 14 heavy (non-hydrogen) atoms. The van der Waals surface area contributed by atoms with E-state index in [0.29, 0.717) is 11.3 Å². The number of nitrogens with two attached hydrogens (primary N) is 1.